The van der Waals surface area contributed by atoms with Crippen LogP contribution in [0.2, 0.25) is 0 Å². The van der Waals surface area contributed by atoms with Crippen LogP contribution in [0.4, 0.5) is 13.2 Å². The molecular weight excluding hydrogens is 259 g/mol. The molecule has 2 rings (SSSR count). The second kappa shape index (κ2) is 5.05. The zero-order valence-corrected chi connectivity index (χ0v) is 9.46. The minimum Gasteiger partial charge on any atom is -0.410 e. The molecule has 0 unspecified atom stereocenters. The summed E-state index contributed by atoms with van der Waals surface area (Å²) in [6, 6.07) is 4.51. The van der Waals surface area contributed by atoms with Gasteiger partial charge in [0, 0.05) is 23.5 Å². The predicted molar refractivity (Wildman–Crippen MR) is 60.9 cm³/mol. The first-order chi connectivity index (χ1) is 9.02. The molecule has 0 atom stereocenters. The van der Waals surface area contributed by atoms with E-state index in [2.05, 4.69) is 15.1 Å². The summed E-state index contributed by atoms with van der Waals surface area (Å²) in [4.78, 5) is 7.45. The van der Waals surface area contributed by atoms with Crippen LogP contribution >= 0.6 is 0 Å². The van der Waals surface area contributed by atoms with Crippen molar-refractivity contribution in [2.24, 2.45) is 5.16 Å². The van der Waals surface area contributed by atoms with Crippen molar-refractivity contribution in [3.8, 4) is 0 Å². The van der Waals surface area contributed by atoms with Crippen LogP contribution in [0.5, 0.6) is 0 Å². The summed E-state index contributed by atoms with van der Waals surface area (Å²) in [5.41, 5.74) is -0.383. The van der Waals surface area contributed by atoms with Gasteiger partial charge in [0.15, 0.2) is 0 Å². The van der Waals surface area contributed by atoms with Crippen molar-refractivity contribution in [2.75, 3.05) is 0 Å². The maximum atomic E-state index is 12.6. The zero-order chi connectivity index (χ0) is 13.9. The monoisotopic (exact) mass is 267 g/mol. The fraction of sp³-hybridized carbons (Fsp3) is 0.0833. The Morgan fingerprint density at radius 3 is 2.37 bits per heavy atom. The Balaban J connectivity index is 2.47. The van der Waals surface area contributed by atoms with Crippen LogP contribution in [0.3, 0.4) is 0 Å². The van der Waals surface area contributed by atoms with E-state index in [4.69, 9.17) is 5.21 Å². The summed E-state index contributed by atoms with van der Waals surface area (Å²) in [5, 5.41) is 12.0. The third kappa shape index (κ3) is 2.87. The lowest BCUT2D eigenvalue weighted by Crippen LogP contribution is -2.09. The molecule has 1 aromatic heterocycles. The Labute approximate surface area is 106 Å². The number of nitrogens with zero attached hydrogens (tertiary/aromatic N) is 3. The molecule has 98 valence electrons. The predicted octanol–water partition coefficient (Wildman–Crippen LogP) is 2.72. The maximum Gasteiger partial charge on any atom is 0.416 e. The fourth-order valence-electron chi connectivity index (χ4n) is 1.55. The van der Waals surface area contributed by atoms with Gasteiger partial charge in [-0.25, -0.2) is 9.97 Å². The first kappa shape index (κ1) is 13.0. The average molecular weight is 267 g/mol. The largest absolute Gasteiger partial charge is 0.416 e. The number of oxime groups is 1. The molecule has 0 bridgehead atoms. The normalized spacial score (nSPS) is 12.5. The minimum atomic E-state index is -4.45. The van der Waals surface area contributed by atoms with Gasteiger partial charge in [-0.05, 0) is 12.1 Å². The van der Waals surface area contributed by atoms with Gasteiger partial charge in [0.25, 0.3) is 0 Å². The molecule has 1 heterocycles. The molecule has 0 aliphatic heterocycles. The van der Waals surface area contributed by atoms with E-state index in [0.29, 0.717) is 5.56 Å². The molecule has 0 amide bonds. The molecule has 0 saturated carbocycles. The van der Waals surface area contributed by atoms with Gasteiger partial charge in [-0.1, -0.05) is 17.3 Å². The number of rotatable bonds is 2. The van der Waals surface area contributed by atoms with Crippen molar-refractivity contribution in [1.82, 2.24) is 9.97 Å². The van der Waals surface area contributed by atoms with Gasteiger partial charge in [-0.3, -0.25) is 0 Å². The summed E-state index contributed by atoms with van der Waals surface area (Å²) < 4.78 is 37.8. The van der Waals surface area contributed by atoms with E-state index in [1.54, 1.807) is 0 Å². The third-order valence-electron chi connectivity index (χ3n) is 2.40. The molecule has 0 aliphatic carbocycles. The third-order valence-corrected chi connectivity index (χ3v) is 2.40. The van der Waals surface area contributed by atoms with Crippen molar-refractivity contribution in [1.29, 1.82) is 0 Å². The minimum absolute atomic E-state index is 0.0216. The SMILES string of the molecule is O/N=C(\c1cncnc1)c1cccc(C(F)(F)F)c1. The first-order valence-corrected chi connectivity index (χ1v) is 5.17. The zero-order valence-electron chi connectivity index (χ0n) is 9.46. The van der Waals surface area contributed by atoms with E-state index in [-0.39, 0.29) is 11.3 Å². The molecule has 1 aromatic carbocycles. The molecule has 0 saturated heterocycles. The van der Waals surface area contributed by atoms with Gasteiger partial charge in [-0.2, -0.15) is 13.2 Å². The van der Waals surface area contributed by atoms with Crippen molar-refractivity contribution < 1.29 is 18.4 Å². The van der Waals surface area contributed by atoms with Crippen LogP contribution in [0.15, 0.2) is 48.1 Å². The summed E-state index contributed by atoms with van der Waals surface area (Å²) >= 11 is 0. The van der Waals surface area contributed by atoms with E-state index >= 15 is 0 Å². The Kier molecular flexibility index (Phi) is 3.46. The second-order valence-corrected chi connectivity index (χ2v) is 3.65. The van der Waals surface area contributed by atoms with Gasteiger partial charge in [0.2, 0.25) is 0 Å². The molecule has 7 heteroatoms. The van der Waals surface area contributed by atoms with E-state index in [0.717, 1.165) is 12.1 Å². The van der Waals surface area contributed by atoms with Gasteiger partial charge in [0.05, 0.1) is 5.56 Å². The Hall–Kier alpha value is -2.44. The molecule has 0 spiro atoms. The molecule has 19 heavy (non-hydrogen) atoms. The van der Waals surface area contributed by atoms with Crippen molar-refractivity contribution in [3.05, 3.63) is 59.7 Å². The van der Waals surface area contributed by atoms with Crippen molar-refractivity contribution in [3.63, 3.8) is 0 Å². The van der Waals surface area contributed by atoms with Crippen LogP contribution in [0.25, 0.3) is 0 Å². The smallest absolute Gasteiger partial charge is 0.410 e. The summed E-state index contributed by atoms with van der Waals surface area (Å²) in [6.07, 6.45) is -0.487. The highest BCUT2D eigenvalue weighted by Crippen LogP contribution is 2.30. The van der Waals surface area contributed by atoms with E-state index < -0.39 is 11.7 Å². The van der Waals surface area contributed by atoms with Crippen LogP contribution in [-0.2, 0) is 6.18 Å². The van der Waals surface area contributed by atoms with Gasteiger partial charge >= 0.3 is 6.18 Å². The number of hydrogen-bond donors (Lipinski definition) is 1. The Bertz CT molecular complexity index is 597. The lowest BCUT2D eigenvalue weighted by molar-refractivity contribution is -0.137. The molecule has 1 N–H and O–H groups in total. The maximum absolute atomic E-state index is 12.6. The van der Waals surface area contributed by atoms with Crippen molar-refractivity contribution >= 4 is 5.71 Å². The molecule has 2 aromatic rings. The van der Waals surface area contributed by atoms with Crippen LogP contribution in [0, 0.1) is 0 Å². The molecule has 0 fully saturated rings. The topological polar surface area (TPSA) is 58.4 Å². The summed E-state index contributed by atoms with van der Waals surface area (Å²) in [6.45, 7) is 0. The highest BCUT2D eigenvalue weighted by atomic mass is 19.4. The van der Waals surface area contributed by atoms with Crippen LogP contribution in [0.1, 0.15) is 16.7 Å². The van der Waals surface area contributed by atoms with E-state index in [1.807, 2.05) is 0 Å². The van der Waals surface area contributed by atoms with Gasteiger partial charge in [-0.15, -0.1) is 0 Å². The highest BCUT2D eigenvalue weighted by Gasteiger charge is 2.30. The standard InChI is InChI=1S/C12H8F3N3O/c13-12(14,15)10-3-1-2-8(4-10)11(18-19)9-5-16-7-17-6-9/h1-7,19H/b18-11-. The van der Waals surface area contributed by atoms with E-state index in [9.17, 15) is 13.2 Å². The summed E-state index contributed by atoms with van der Waals surface area (Å²) in [5.74, 6) is 0. The van der Waals surface area contributed by atoms with Crippen LogP contribution < -0.4 is 0 Å². The quantitative estimate of drug-likeness (QED) is 0.517. The summed E-state index contributed by atoms with van der Waals surface area (Å²) in [7, 11) is 0. The first-order valence-electron chi connectivity index (χ1n) is 5.17. The second-order valence-electron chi connectivity index (χ2n) is 3.65. The Morgan fingerprint density at radius 2 is 1.79 bits per heavy atom. The number of alkyl halides is 3. The van der Waals surface area contributed by atoms with Gasteiger partial charge < -0.3 is 5.21 Å². The number of benzene rings is 1. The van der Waals surface area contributed by atoms with Crippen molar-refractivity contribution in [2.45, 2.75) is 6.18 Å². The lowest BCUT2D eigenvalue weighted by Gasteiger charge is -2.09. The molecule has 0 radical (unpaired) electrons. The fourth-order valence-corrected chi connectivity index (χ4v) is 1.55. The van der Waals surface area contributed by atoms with Gasteiger partial charge in [0.1, 0.15) is 12.0 Å². The molecule has 4 nitrogen and oxygen atoms in total. The Morgan fingerprint density at radius 1 is 1.11 bits per heavy atom. The lowest BCUT2D eigenvalue weighted by atomic mass is 10.0. The highest BCUT2D eigenvalue weighted by molar-refractivity contribution is 6.12. The average Bonchev–Trinajstić information content (AvgIpc) is 2.40. The molecule has 0 aliphatic rings. The van der Waals surface area contributed by atoms with Crippen LogP contribution in [-0.4, -0.2) is 20.9 Å². The van der Waals surface area contributed by atoms with E-state index in [1.165, 1.54) is 30.9 Å². The molecular formula is C12H8F3N3O. The number of hydrogen-bond acceptors (Lipinski definition) is 4. The number of halogens is 3. The number of aromatic nitrogens is 2.